The summed E-state index contributed by atoms with van der Waals surface area (Å²) in [6, 6.07) is 0.342. The lowest BCUT2D eigenvalue weighted by molar-refractivity contribution is -0.0129. The van der Waals surface area contributed by atoms with Crippen LogP contribution in [0.15, 0.2) is 0 Å². The maximum Gasteiger partial charge on any atom is 0.323 e. The quantitative estimate of drug-likeness (QED) is 0.843. The van der Waals surface area contributed by atoms with Gasteiger partial charge < -0.3 is 19.7 Å². The minimum Gasteiger partial charge on any atom is -0.461 e. The predicted molar refractivity (Wildman–Crippen MR) is 77.4 cm³/mol. The average Bonchev–Trinajstić information content (AvgIpc) is 2.46. The molecule has 1 aromatic rings. The topological polar surface area (TPSA) is 72.4 Å². The third-order valence-electron chi connectivity index (χ3n) is 3.01. The van der Waals surface area contributed by atoms with Crippen LogP contribution >= 0.6 is 0 Å². The van der Waals surface area contributed by atoms with Crippen LogP contribution in [0, 0.1) is 0 Å². The third-order valence-corrected chi connectivity index (χ3v) is 3.01. The second-order valence-electron chi connectivity index (χ2n) is 4.97. The van der Waals surface area contributed by atoms with Crippen molar-refractivity contribution in [2.24, 2.45) is 0 Å². The second-order valence-corrected chi connectivity index (χ2v) is 4.97. The molecule has 7 nitrogen and oxygen atoms in total. The van der Waals surface area contributed by atoms with Crippen molar-refractivity contribution in [1.82, 2.24) is 15.0 Å². The van der Waals surface area contributed by atoms with E-state index >= 15 is 0 Å². The van der Waals surface area contributed by atoms with E-state index in [0.717, 1.165) is 26.0 Å². The molecule has 0 spiro atoms. The van der Waals surface area contributed by atoms with Crippen LogP contribution in [0.5, 0.6) is 6.01 Å². The number of hydrogen-bond acceptors (Lipinski definition) is 7. The van der Waals surface area contributed by atoms with E-state index in [1.807, 2.05) is 25.9 Å². The lowest BCUT2D eigenvalue weighted by Crippen LogP contribution is -2.26. The zero-order valence-electron chi connectivity index (χ0n) is 12.4. The summed E-state index contributed by atoms with van der Waals surface area (Å²) >= 11 is 0. The number of anilines is 2. The Bertz CT molecular complexity index is 421. The van der Waals surface area contributed by atoms with Crippen LogP contribution in [0.3, 0.4) is 0 Å². The summed E-state index contributed by atoms with van der Waals surface area (Å²) in [5, 5.41) is 3.08. The lowest BCUT2D eigenvalue weighted by Gasteiger charge is -2.22. The van der Waals surface area contributed by atoms with E-state index in [-0.39, 0.29) is 6.10 Å². The first-order chi connectivity index (χ1) is 9.69. The maximum atomic E-state index is 5.67. The molecule has 0 bridgehead atoms. The summed E-state index contributed by atoms with van der Waals surface area (Å²) in [4.78, 5) is 14.7. The molecule has 1 unspecified atom stereocenters. The van der Waals surface area contributed by atoms with Crippen molar-refractivity contribution in [3.63, 3.8) is 0 Å². The highest BCUT2D eigenvalue weighted by molar-refractivity contribution is 5.36. The van der Waals surface area contributed by atoms with E-state index in [1.165, 1.54) is 6.42 Å². The highest BCUT2D eigenvalue weighted by Gasteiger charge is 2.16. The van der Waals surface area contributed by atoms with Gasteiger partial charge in [0.2, 0.25) is 11.9 Å². The van der Waals surface area contributed by atoms with Crippen LogP contribution in [0.25, 0.3) is 0 Å². The zero-order chi connectivity index (χ0) is 14.4. The predicted octanol–water partition coefficient (Wildman–Crippen LogP) is 1.32. The van der Waals surface area contributed by atoms with Gasteiger partial charge in [-0.3, -0.25) is 0 Å². The first-order valence-corrected chi connectivity index (χ1v) is 7.10. The van der Waals surface area contributed by atoms with Gasteiger partial charge in [-0.2, -0.15) is 15.0 Å². The summed E-state index contributed by atoms with van der Waals surface area (Å²) in [5.41, 5.74) is 0. The lowest BCUT2D eigenvalue weighted by atomic mass is 10.1. The van der Waals surface area contributed by atoms with Gasteiger partial charge in [-0.25, -0.2) is 0 Å². The fourth-order valence-corrected chi connectivity index (χ4v) is 1.95. The van der Waals surface area contributed by atoms with Gasteiger partial charge in [0, 0.05) is 27.2 Å². The first-order valence-electron chi connectivity index (χ1n) is 7.10. The van der Waals surface area contributed by atoms with Gasteiger partial charge in [0.05, 0.1) is 6.10 Å². The molecule has 0 amide bonds. The van der Waals surface area contributed by atoms with Crippen LogP contribution in [0.2, 0.25) is 0 Å². The van der Waals surface area contributed by atoms with Crippen molar-refractivity contribution in [3.8, 4) is 6.01 Å². The molecule has 0 aromatic carbocycles. The normalized spacial score (nSPS) is 18.6. The summed E-state index contributed by atoms with van der Waals surface area (Å²) in [6.07, 6.45) is 3.51. The van der Waals surface area contributed by atoms with Crippen molar-refractivity contribution < 1.29 is 9.47 Å². The molecule has 112 valence electrons. The van der Waals surface area contributed by atoms with E-state index in [4.69, 9.17) is 9.47 Å². The third kappa shape index (κ3) is 4.19. The van der Waals surface area contributed by atoms with E-state index in [0.29, 0.717) is 24.5 Å². The Morgan fingerprint density at radius 1 is 1.30 bits per heavy atom. The van der Waals surface area contributed by atoms with Crippen LogP contribution in [0.1, 0.15) is 26.2 Å². The molecular formula is C13H23N5O2. The standard InChI is InChI=1S/C13H23N5O2/c1-4-14-11-15-12(18(2)3)17-13(16-11)20-9-10-7-5-6-8-19-10/h10H,4-9H2,1-3H3,(H,14,15,16,17). The molecule has 1 atom stereocenters. The van der Waals surface area contributed by atoms with Crippen LogP contribution in [-0.2, 0) is 4.74 Å². The first kappa shape index (κ1) is 14.8. The summed E-state index contributed by atoms with van der Waals surface area (Å²) < 4.78 is 11.3. The number of rotatable bonds is 6. The molecule has 0 saturated carbocycles. The fourth-order valence-electron chi connectivity index (χ4n) is 1.95. The molecule has 1 N–H and O–H groups in total. The molecule has 7 heteroatoms. The van der Waals surface area contributed by atoms with Gasteiger partial charge in [-0.1, -0.05) is 0 Å². The van der Waals surface area contributed by atoms with Gasteiger partial charge in [-0.15, -0.1) is 0 Å². The highest BCUT2D eigenvalue weighted by Crippen LogP contribution is 2.16. The largest absolute Gasteiger partial charge is 0.461 e. The number of nitrogens with one attached hydrogen (secondary N) is 1. The molecule has 1 aliphatic heterocycles. The average molecular weight is 281 g/mol. The fraction of sp³-hybridized carbons (Fsp3) is 0.769. The van der Waals surface area contributed by atoms with Crippen LogP contribution in [0.4, 0.5) is 11.9 Å². The van der Waals surface area contributed by atoms with Crippen molar-refractivity contribution in [2.75, 3.05) is 44.1 Å². The molecule has 0 radical (unpaired) electrons. The minimum absolute atomic E-state index is 0.144. The molecule has 1 aromatic heterocycles. The molecule has 1 saturated heterocycles. The van der Waals surface area contributed by atoms with Crippen LogP contribution < -0.4 is 15.0 Å². The number of nitrogens with zero attached hydrogens (tertiary/aromatic N) is 4. The van der Waals surface area contributed by atoms with E-state index < -0.39 is 0 Å². The summed E-state index contributed by atoms with van der Waals surface area (Å²) in [5.74, 6) is 1.11. The molecular weight excluding hydrogens is 258 g/mol. The van der Waals surface area contributed by atoms with Crippen molar-refractivity contribution in [1.29, 1.82) is 0 Å². The van der Waals surface area contributed by atoms with Gasteiger partial charge in [-0.05, 0) is 26.2 Å². The minimum atomic E-state index is 0.144. The van der Waals surface area contributed by atoms with Crippen molar-refractivity contribution in [3.05, 3.63) is 0 Å². The molecule has 0 aliphatic carbocycles. The molecule has 20 heavy (non-hydrogen) atoms. The second kappa shape index (κ2) is 7.23. The molecule has 2 heterocycles. The van der Waals surface area contributed by atoms with E-state index in [1.54, 1.807) is 0 Å². The Morgan fingerprint density at radius 2 is 2.15 bits per heavy atom. The maximum absolute atomic E-state index is 5.67. The van der Waals surface area contributed by atoms with Gasteiger partial charge in [0.25, 0.3) is 0 Å². The Morgan fingerprint density at radius 3 is 2.80 bits per heavy atom. The monoisotopic (exact) mass is 281 g/mol. The SMILES string of the molecule is CCNc1nc(OCC2CCCCO2)nc(N(C)C)n1. The Balaban J connectivity index is 2.01. The van der Waals surface area contributed by atoms with E-state index in [9.17, 15) is 0 Å². The van der Waals surface area contributed by atoms with Gasteiger partial charge in [0.1, 0.15) is 6.61 Å². The van der Waals surface area contributed by atoms with Gasteiger partial charge in [0.15, 0.2) is 0 Å². The van der Waals surface area contributed by atoms with Gasteiger partial charge >= 0.3 is 6.01 Å². The van der Waals surface area contributed by atoms with Crippen molar-refractivity contribution >= 4 is 11.9 Å². The Kier molecular flexibility index (Phi) is 5.34. The zero-order valence-corrected chi connectivity index (χ0v) is 12.4. The van der Waals surface area contributed by atoms with Crippen molar-refractivity contribution in [2.45, 2.75) is 32.3 Å². The number of aromatic nitrogens is 3. The van der Waals surface area contributed by atoms with E-state index in [2.05, 4.69) is 20.3 Å². The number of ether oxygens (including phenoxy) is 2. The Labute approximate surface area is 119 Å². The smallest absolute Gasteiger partial charge is 0.323 e. The summed E-state index contributed by atoms with van der Waals surface area (Å²) in [7, 11) is 3.78. The number of hydrogen-bond donors (Lipinski definition) is 1. The molecule has 1 fully saturated rings. The summed E-state index contributed by atoms with van der Waals surface area (Å²) in [6.45, 7) is 4.05. The Hall–Kier alpha value is -1.63. The highest BCUT2D eigenvalue weighted by atomic mass is 16.5. The molecule has 1 aliphatic rings. The van der Waals surface area contributed by atoms with Crippen LogP contribution in [-0.4, -0.2) is 54.9 Å². The molecule has 2 rings (SSSR count).